The van der Waals surface area contributed by atoms with Crippen molar-refractivity contribution in [2.75, 3.05) is 10.6 Å². The van der Waals surface area contributed by atoms with Crippen LogP contribution in [0.25, 0.3) is 11.0 Å². The van der Waals surface area contributed by atoms with Crippen molar-refractivity contribution in [3.8, 4) is 0 Å². The second-order valence-electron chi connectivity index (χ2n) is 7.85. The van der Waals surface area contributed by atoms with E-state index in [1.807, 2.05) is 73.0 Å². The van der Waals surface area contributed by atoms with Crippen LogP contribution in [0.3, 0.4) is 0 Å². The van der Waals surface area contributed by atoms with Gasteiger partial charge in [-0.3, -0.25) is 9.36 Å². The van der Waals surface area contributed by atoms with Gasteiger partial charge in [-0.15, -0.1) is 0 Å². The van der Waals surface area contributed by atoms with Crippen LogP contribution in [0, 0.1) is 6.92 Å². The Bertz CT molecular complexity index is 1390. The minimum atomic E-state index is -0.478. The number of nitrogens with zero attached hydrogens (tertiary/aromatic N) is 2. The molecule has 1 aliphatic heterocycles. The first-order chi connectivity index (χ1) is 15.4. The number of hydrogen-bond donors (Lipinski definition) is 2. The van der Waals surface area contributed by atoms with Crippen LogP contribution < -0.4 is 10.6 Å². The van der Waals surface area contributed by atoms with E-state index in [2.05, 4.69) is 10.6 Å². The molecule has 7 heteroatoms. The minimum absolute atomic E-state index is 0.210. The number of aryl methyl sites for hydroxylation is 1. The molecule has 0 saturated heterocycles. The van der Waals surface area contributed by atoms with Gasteiger partial charge in [0.25, 0.3) is 5.91 Å². The summed E-state index contributed by atoms with van der Waals surface area (Å²) in [7, 11) is 0. The predicted octanol–water partition coefficient (Wildman–Crippen LogP) is 6.58. The van der Waals surface area contributed by atoms with E-state index in [9.17, 15) is 4.79 Å². The summed E-state index contributed by atoms with van der Waals surface area (Å²) in [6.07, 6.45) is 0. The molecule has 160 valence electrons. The zero-order valence-corrected chi connectivity index (χ0v) is 19.0. The zero-order valence-electron chi connectivity index (χ0n) is 17.5. The van der Waals surface area contributed by atoms with Gasteiger partial charge in [-0.25, -0.2) is 4.98 Å². The highest BCUT2D eigenvalue weighted by Crippen LogP contribution is 2.42. The molecular formula is C25H20Cl2N4O. The largest absolute Gasteiger partial charge is 0.329 e. The molecule has 1 aliphatic rings. The van der Waals surface area contributed by atoms with Crippen LogP contribution in [-0.2, 0) is 4.79 Å². The van der Waals surface area contributed by atoms with Crippen LogP contribution in [0.1, 0.15) is 24.1 Å². The SMILES string of the molecule is CC1=C(C(=O)Nc2ccc(C)cc2)C(c2ccc(Cl)cc2Cl)n2c(nc3ccccc32)N1. The van der Waals surface area contributed by atoms with Gasteiger partial charge in [0.05, 0.1) is 22.6 Å². The lowest BCUT2D eigenvalue weighted by molar-refractivity contribution is -0.113. The molecule has 5 rings (SSSR count). The Morgan fingerprint density at radius 3 is 2.53 bits per heavy atom. The number of imidazole rings is 1. The number of rotatable bonds is 3. The maximum absolute atomic E-state index is 13.6. The molecule has 1 atom stereocenters. The van der Waals surface area contributed by atoms with Crippen molar-refractivity contribution in [3.63, 3.8) is 0 Å². The van der Waals surface area contributed by atoms with Crippen molar-refractivity contribution < 1.29 is 4.79 Å². The number of hydrogen-bond acceptors (Lipinski definition) is 3. The number of fused-ring (bicyclic) bond motifs is 3. The van der Waals surface area contributed by atoms with E-state index in [1.54, 1.807) is 12.1 Å². The summed E-state index contributed by atoms with van der Waals surface area (Å²) in [4.78, 5) is 18.3. The molecule has 0 fully saturated rings. The van der Waals surface area contributed by atoms with Gasteiger partial charge in [-0.05, 0) is 55.8 Å². The number of amides is 1. The van der Waals surface area contributed by atoms with Gasteiger partial charge in [-0.2, -0.15) is 0 Å². The summed E-state index contributed by atoms with van der Waals surface area (Å²) >= 11 is 12.8. The van der Waals surface area contributed by atoms with Crippen molar-refractivity contribution >= 4 is 51.8 Å². The third-order valence-corrected chi connectivity index (χ3v) is 6.20. The van der Waals surface area contributed by atoms with Crippen molar-refractivity contribution in [3.05, 3.63) is 99.2 Å². The van der Waals surface area contributed by atoms with E-state index in [1.165, 1.54) is 0 Å². The molecule has 1 aromatic heterocycles. The molecule has 1 amide bonds. The van der Waals surface area contributed by atoms with Gasteiger partial charge in [0.1, 0.15) is 0 Å². The van der Waals surface area contributed by atoms with Crippen LogP contribution in [0.2, 0.25) is 10.0 Å². The zero-order chi connectivity index (χ0) is 22.4. The fraction of sp³-hybridized carbons (Fsp3) is 0.120. The summed E-state index contributed by atoms with van der Waals surface area (Å²) in [5.74, 6) is 0.449. The maximum Gasteiger partial charge on any atom is 0.255 e. The fourth-order valence-electron chi connectivity index (χ4n) is 4.11. The van der Waals surface area contributed by atoms with Gasteiger partial charge in [-0.1, -0.05) is 59.1 Å². The van der Waals surface area contributed by atoms with Crippen LogP contribution in [0.15, 0.2) is 78.0 Å². The topological polar surface area (TPSA) is 59.0 Å². The average molecular weight is 463 g/mol. The number of carbonyl (C=O) groups excluding carboxylic acids is 1. The highest BCUT2D eigenvalue weighted by atomic mass is 35.5. The summed E-state index contributed by atoms with van der Waals surface area (Å²) < 4.78 is 2.02. The molecule has 1 unspecified atom stereocenters. The number of allylic oxidation sites excluding steroid dienone is 1. The smallest absolute Gasteiger partial charge is 0.255 e. The number of benzene rings is 3. The quantitative estimate of drug-likeness (QED) is 0.361. The Morgan fingerprint density at radius 2 is 1.78 bits per heavy atom. The Hall–Kier alpha value is -3.28. The molecule has 0 aliphatic carbocycles. The summed E-state index contributed by atoms with van der Waals surface area (Å²) in [5, 5.41) is 7.36. The standard InChI is InChI=1S/C25H20Cl2N4O/c1-14-7-10-17(11-8-14)29-24(32)22-15(2)28-25-30-20-5-3-4-6-21(20)31(25)23(22)18-12-9-16(26)13-19(18)27/h3-13,23H,1-2H3,(H,28,30)(H,29,32). The fourth-order valence-corrected chi connectivity index (χ4v) is 4.62. The molecule has 2 heterocycles. The Labute approximate surface area is 195 Å². The minimum Gasteiger partial charge on any atom is -0.329 e. The molecule has 5 nitrogen and oxygen atoms in total. The van der Waals surface area contributed by atoms with Crippen LogP contribution in [-0.4, -0.2) is 15.5 Å². The maximum atomic E-state index is 13.6. The highest BCUT2D eigenvalue weighted by molar-refractivity contribution is 6.35. The first-order valence-corrected chi connectivity index (χ1v) is 11.0. The summed E-state index contributed by atoms with van der Waals surface area (Å²) in [6.45, 7) is 3.89. The average Bonchev–Trinajstić information content (AvgIpc) is 3.12. The summed E-state index contributed by atoms with van der Waals surface area (Å²) in [5.41, 5.74) is 5.63. The van der Waals surface area contributed by atoms with Gasteiger partial charge < -0.3 is 10.6 Å². The van der Waals surface area contributed by atoms with E-state index in [0.717, 1.165) is 27.8 Å². The Morgan fingerprint density at radius 1 is 1.03 bits per heavy atom. The van der Waals surface area contributed by atoms with E-state index < -0.39 is 6.04 Å². The monoisotopic (exact) mass is 462 g/mol. The van der Waals surface area contributed by atoms with Crippen molar-refractivity contribution in [1.29, 1.82) is 0 Å². The predicted molar refractivity (Wildman–Crippen MR) is 130 cm³/mol. The van der Waals surface area contributed by atoms with Crippen LogP contribution >= 0.6 is 23.2 Å². The third-order valence-electron chi connectivity index (χ3n) is 5.64. The Balaban J connectivity index is 1.68. The van der Waals surface area contributed by atoms with E-state index in [0.29, 0.717) is 27.3 Å². The molecule has 4 aromatic rings. The number of aromatic nitrogens is 2. The van der Waals surface area contributed by atoms with Crippen molar-refractivity contribution in [2.24, 2.45) is 0 Å². The molecule has 0 bridgehead atoms. The summed E-state index contributed by atoms with van der Waals surface area (Å²) in [6, 6.07) is 20.4. The first-order valence-electron chi connectivity index (χ1n) is 10.2. The molecule has 0 spiro atoms. The number of para-hydroxylation sites is 2. The molecule has 2 N–H and O–H groups in total. The molecule has 32 heavy (non-hydrogen) atoms. The lowest BCUT2D eigenvalue weighted by atomic mass is 9.94. The lowest BCUT2D eigenvalue weighted by Gasteiger charge is -2.31. The third kappa shape index (κ3) is 3.53. The highest BCUT2D eigenvalue weighted by Gasteiger charge is 2.35. The molecule has 3 aromatic carbocycles. The van der Waals surface area contributed by atoms with Gasteiger partial charge in [0.2, 0.25) is 5.95 Å². The normalized spacial score (nSPS) is 15.4. The second kappa shape index (κ2) is 8.01. The second-order valence-corrected chi connectivity index (χ2v) is 8.69. The Kier molecular flexibility index (Phi) is 5.16. The van der Waals surface area contributed by atoms with Crippen molar-refractivity contribution in [1.82, 2.24) is 9.55 Å². The van der Waals surface area contributed by atoms with Crippen LogP contribution in [0.5, 0.6) is 0 Å². The number of anilines is 2. The van der Waals surface area contributed by atoms with E-state index in [-0.39, 0.29) is 5.91 Å². The van der Waals surface area contributed by atoms with E-state index in [4.69, 9.17) is 28.2 Å². The number of nitrogens with one attached hydrogen (secondary N) is 2. The lowest BCUT2D eigenvalue weighted by Crippen LogP contribution is -2.31. The van der Waals surface area contributed by atoms with Gasteiger partial charge in [0, 0.05) is 21.4 Å². The van der Waals surface area contributed by atoms with E-state index >= 15 is 0 Å². The molecule has 0 radical (unpaired) electrons. The van der Waals surface area contributed by atoms with Gasteiger partial charge in [0.15, 0.2) is 0 Å². The first kappa shape index (κ1) is 20.6. The molecule has 0 saturated carbocycles. The number of halogens is 2. The molecular weight excluding hydrogens is 443 g/mol. The van der Waals surface area contributed by atoms with Crippen LogP contribution in [0.4, 0.5) is 11.6 Å². The van der Waals surface area contributed by atoms with Crippen molar-refractivity contribution in [2.45, 2.75) is 19.9 Å². The number of carbonyl (C=O) groups is 1. The van der Waals surface area contributed by atoms with Gasteiger partial charge >= 0.3 is 0 Å².